The number of Topliss-reactive ketones (excluding diaryl/α,β-unsaturated/α-hetero) is 1. The van der Waals surface area contributed by atoms with Crippen LogP contribution in [0.4, 0.5) is 10.1 Å². The van der Waals surface area contributed by atoms with Gasteiger partial charge in [0.25, 0.3) is 0 Å². The van der Waals surface area contributed by atoms with Gasteiger partial charge in [-0.2, -0.15) is 0 Å². The third-order valence-electron chi connectivity index (χ3n) is 5.40. The first kappa shape index (κ1) is 19.8. The zero-order valence-electron chi connectivity index (χ0n) is 16.6. The van der Waals surface area contributed by atoms with Gasteiger partial charge in [0.15, 0.2) is 6.10 Å². The molecule has 0 bridgehead atoms. The van der Waals surface area contributed by atoms with E-state index in [9.17, 15) is 18.8 Å². The number of nitrogens with one attached hydrogen (secondary N) is 1. The SMILES string of the molecule is Cc1[nH]c2ccccc2c1C(=O)[C@@H](C)OC(=O)[C@H]1CC(=O)N(c2ccccc2F)C1. The Kier molecular flexibility index (Phi) is 5.11. The summed E-state index contributed by atoms with van der Waals surface area (Å²) in [5, 5.41) is 0.768. The van der Waals surface area contributed by atoms with Gasteiger partial charge in [0, 0.05) is 35.1 Å². The van der Waals surface area contributed by atoms with Crippen molar-refractivity contribution in [1.82, 2.24) is 4.98 Å². The first-order chi connectivity index (χ1) is 14.4. The fourth-order valence-corrected chi connectivity index (χ4v) is 3.89. The van der Waals surface area contributed by atoms with Crippen LogP contribution in [0.2, 0.25) is 0 Å². The van der Waals surface area contributed by atoms with E-state index in [1.807, 2.05) is 24.3 Å². The number of aryl methyl sites for hydroxylation is 1. The summed E-state index contributed by atoms with van der Waals surface area (Å²) in [6.07, 6.45) is -1.09. The number of rotatable bonds is 5. The predicted molar refractivity (Wildman–Crippen MR) is 110 cm³/mol. The molecule has 154 valence electrons. The van der Waals surface area contributed by atoms with E-state index in [-0.39, 0.29) is 30.3 Å². The van der Waals surface area contributed by atoms with E-state index >= 15 is 0 Å². The van der Waals surface area contributed by atoms with E-state index in [1.54, 1.807) is 13.0 Å². The van der Waals surface area contributed by atoms with Crippen LogP contribution in [0, 0.1) is 18.7 Å². The minimum absolute atomic E-state index is 0.0195. The highest BCUT2D eigenvalue weighted by molar-refractivity contribution is 6.11. The number of hydrogen-bond acceptors (Lipinski definition) is 4. The normalized spacial score (nSPS) is 17.4. The van der Waals surface area contributed by atoms with Crippen molar-refractivity contribution in [1.29, 1.82) is 0 Å². The van der Waals surface area contributed by atoms with Crippen molar-refractivity contribution >= 4 is 34.3 Å². The van der Waals surface area contributed by atoms with Crippen molar-refractivity contribution in [3.8, 4) is 0 Å². The predicted octanol–water partition coefficient (Wildman–Crippen LogP) is 3.78. The molecule has 1 aliphatic rings. The molecule has 0 unspecified atom stereocenters. The van der Waals surface area contributed by atoms with E-state index in [1.165, 1.54) is 30.0 Å². The molecule has 4 rings (SSSR count). The second-order valence-electron chi connectivity index (χ2n) is 7.47. The average Bonchev–Trinajstić information content (AvgIpc) is 3.27. The van der Waals surface area contributed by atoms with Crippen molar-refractivity contribution in [3.63, 3.8) is 0 Å². The van der Waals surface area contributed by atoms with E-state index < -0.39 is 23.8 Å². The van der Waals surface area contributed by atoms with Crippen LogP contribution in [0.3, 0.4) is 0 Å². The van der Waals surface area contributed by atoms with Crippen LogP contribution in [0.5, 0.6) is 0 Å². The molecule has 1 aliphatic heterocycles. The Labute approximate surface area is 172 Å². The average molecular weight is 408 g/mol. The number of nitrogens with zero attached hydrogens (tertiary/aromatic N) is 1. The summed E-state index contributed by atoms with van der Waals surface area (Å²) in [4.78, 5) is 42.3. The fourth-order valence-electron chi connectivity index (χ4n) is 3.89. The van der Waals surface area contributed by atoms with Crippen LogP contribution < -0.4 is 4.90 Å². The van der Waals surface area contributed by atoms with Crippen LogP contribution in [0.1, 0.15) is 29.4 Å². The maximum Gasteiger partial charge on any atom is 0.312 e. The molecular formula is C23H21FN2O4. The topological polar surface area (TPSA) is 79.5 Å². The lowest BCUT2D eigenvalue weighted by Crippen LogP contribution is -2.30. The summed E-state index contributed by atoms with van der Waals surface area (Å²) in [5.41, 5.74) is 2.15. The fraction of sp³-hybridized carbons (Fsp3) is 0.261. The Morgan fingerprint density at radius 3 is 2.63 bits per heavy atom. The zero-order valence-corrected chi connectivity index (χ0v) is 16.6. The minimum Gasteiger partial charge on any atom is -0.454 e. The van der Waals surface area contributed by atoms with E-state index in [0.717, 1.165) is 10.9 Å². The molecule has 0 saturated carbocycles. The van der Waals surface area contributed by atoms with Crippen molar-refractivity contribution in [3.05, 3.63) is 65.6 Å². The Morgan fingerprint density at radius 1 is 1.17 bits per heavy atom. The van der Waals surface area contributed by atoms with Gasteiger partial charge in [-0.25, -0.2) is 4.39 Å². The summed E-state index contributed by atoms with van der Waals surface area (Å²) >= 11 is 0. The van der Waals surface area contributed by atoms with Crippen LogP contribution >= 0.6 is 0 Å². The maximum absolute atomic E-state index is 14.0. The molecule has 2 aromatic carbocycles. The highest BCUT2D eigenvalue weighted by Crippen LogP contribution is 2.29. The number of benzene rings is 2. The van der Waals surface area contributed by atoms with Crippen LogP contribution in [0.15, 0.2) is 48.5 Å². The van der Waals surface area contributed by atoms with Crippen molar-refractivity contribution in [2.45, 2.75) is 26.4 Å². The molecule has 7 heteroatoms. The number of aromatic amines is 1. The van der Waals surface area contributed by atoms with Gasteiger partial charge in [-0.15, -0.1) is 0 Å². The second kappa shape index (κ2) is 7.74. The number of halogens is 1. The quantitative estimate of drug-likeness (QED) is 0.515. The molecule has 2 atom stereocenters. The molecule has 3 aromatic rings. The van der Waals surface area contributed by atoms with Crippen LogP contribution in [-0.4, -0.2) is 35.3 Å². The first-order valence-electron chi connectivity index (χ1n) is 9.73. The number of carbonyl (C=O) groups excluding carboxylic acids is 3. The highest BCUT2D eigenvalue weighted by Gasteiger charge is 2.38. The number of ketones is 1. The molecule has 1 saturated heterocycles. The van der Waals surface area contributed by atoms with Crippen LogP contribution in [-0.2, 0) is 14.3 Å². The van der Waals surface area contributed by atoms with Crippen molar-refractivity contribution < 1.29 is 23.5 Å². The van der Waals surface area contributed by atoms with E-state index in [0.29, 0.717) is 11.3 Å². The Morgan fingerprint density at radius 2 is 1.87 bits per heavy atom. The first-order valence-corrected chi connectivity index (χ1v) is 9.73. The summed E-state index contributed by atoms with van der Waals surface area (Å²) in [6, 6.07) is 13.3. The number of amides is 1. The van der Waals surface area contributed by atoms with Crippen molar-refractivity contribution in [2.24, 2.45) is 5.92 Å². The molecule has 2 heterocycles. The minimum atomic E-state index is -1.01. The highest BCUT2D eigenvalue weighted by atomic mass is 19.1. The third-order valence-corrected chi connectivity index (χ3v) is 5.40. The zero-order chi connectivity index (χ0) is 21.4. The lowest BCUT2D eigenvalue weighted by atomic mass is 10.0. The van der Waals surface area contributed by atoms with Gasteiger partial charge in [-0.1, -0.05) is 30.3 Å². The van der Waals surface area contributed by atoms with Gasteiger partial charge < -0.3 is 14.6 Å². The largest absolute Gasteiger partial charge is 0.454 e. The molecule has 0 radical (unpaired) electrons. The Hall–Kier alpha value is -3.48. The number of H-pyrrole nitrogens is 1. The molecule has 1 N–H and O–H groups in total. The molecule has 1 aromatic heterocycles. The molecule has 0 aliphatic carbocycles. The van der Waals surface area contributed by atoms with E-state index in [2.05, 4.69) is 4.98 Å². The molecule has 30 heavy (non-hydrogen) atoms. The van der Waals surface area contributed by atoms with Gasteiger partial charge >= 0.3 is 5.97 Å². The standard InChI is InChI=1S/C23H21FN2O4/c1-13-21(16-7-3-5-9-18(16)25-13)22(28)14(2)30-23(29)15-11-20(27)26(12-15)19-10-6-4-8-17(19)24/h3-10,14-15,25H,11-12H2,1-2H3/t14-,15+/m1/s1. The van der Waals surface area contributed by atoms with Gasteiger partial charge in [-0.3, -0.25) is 14.4 Å². The summed E-state index contributed by atoms with van der Waals surface area (Å²) < 4.78 is 19.4. The number of fused-ring (bicyclic) bond motifs is 1. The maximum atomic E-state index is 14.0. The number of esters is 1. The molecule has 1 fully saturated rings. The van der Waals surface area contributed by atoms with Crippen molar-refractivity contribution in [2.75, 3.05) is 11.4 Å². The number of anilines is 1. The lowest BCUT2D eigenvalue weighted by Gasteiger charge is -2.18. The monoisotopic (exact) mass is 408 g/mol. The van der Waals surface area contributed by atoms with Gasteiger partial charge in [0.1, 0.15) is 5.82 Å². The molecule has 0 spiro atoms. The van der Waals surface area contributed by atoms with Crippen LogP contribution in [0.25, 0.3) is 10.9 Å². The number of para-hydroxylation sites is 2. The number of ether oxygens (including phenoxy) is 1. The molecule has 6 nitrogen and oxygen atoms in total. The Balaban J connectivity index is 1.47. The number of carbonyl (C=O) groups is 3. The Bertz CT molecular complexity index is 1150. The lowest BCUT2D eigenvalue weighted by molar-refractivity contribution is -0.151. The summed E-state index contributed by atoms with van der Waals surface area (Å²) in [6.45, 7) is 3.34. The van der Waals surface area contributed by atoms with Gasteiger partial charge in [0.05, 0.1) is 11.6 Å². The van der Waals surface area contributed by atoms with E-state index in [4.69, 9.17) is 4.74 Å². The number of aromatic nitrogens is 1. The summed E-state index contributed by atoms with van der Waals surface area (Å²) in [5.74, 6) is -2.59. The van der Waals surface area contributed by atoms with Gasteiger partial charge in [0.2, 0.25) is 11.7 Å². The number of hydrogen-bond donors (Lipinski definition) is 1. The molecule has 1 amide bonds. The second-order valence-corrected chi connectivity index (χ2v) is 7.47. The van der Waals surface area contributed by atoms with Gasteiger partial charge in [-0.05, 0) is 32.0 Å². The third kappa shape index (κ3) is 3.47. The molecular weight excluding hydrogens is 387 g/mol. The summed E-state index contributed by atoms with van der Waals surface area (Å²) in [7, 11) is 0. The smallest absolute Gasteiger partial charge is 0.312 e.